The molecular weight excluding hydrogens is 306 g/mol. The second-order valence-corrected chi connectivity index (χ2v) is 7.50. The normalized spacial score (nSPS) is 22.9. The van der Waals surface area contributed by atoms with E-state index in [9.17, 15) is 14.7 Å². The third kappa shape index (κ3) is 3.78. The van der Waals surface area contributed by atoms with Gasteiger partial charge in [-0.2, -0.15) is 0 Å². The van der Waals surface area contributed by atoms with Crippen molar-refractivity contribution in [2.24, 2.45) is 11.8 Å². The molecule has 0 saturated carbocycles. The van der Waals surface area contributed by atoms with Crippen molar-refractivity contribution in [1.29, 1.82) is 0 Å². The number of carbonyl (C=O) groups is 2. The van der Waals surface area contributed by atoms with E-state index in [4.69, 9.17) is 4.74 Å². The number of imide groups is 1. The van der Waals surface area contributed by atoms with Crippen LogP contribution in [-0.4, -0.2) is 33.6 Å². The fourth-order valence-electron chi connectivity index (χ4n) is 3.14. The fraction of sp³-hybridized carbons (Fsp3) is 0.579. The first-order chi connectivity index (χ1) is 11.1. The minimum atomic E-state index is -0.964. The number of aliphatic hydroxyl groups excluding tert-OH is 1. The van der Waals surface area contributed by atoms with Gasteiger partial charge in [0.05, 0.1) is 12.0 Å². The van der Waals surface area contributed by atoms with E-state index in [1.807, 2.05) is 45.9 Å². The van der Waals surface area contributed by atoms with Crippen LogP contribution in [0.5, 0.6) is 0 Å². The van der Waals surface area contributed by atoms with Gasteiger partial charge in [0.25, 0.3) is 0 Å². The molecule has 1 aliphatic heterocycles. The van der Waals surface area contributed by atoms with Gasteiger partial charge < -0.3 is 9.84 Å². The van der Waals surface area contributed by atoms with Crippen molar-refractivity contribution in [2.45, 2.75) is 58.8 Å². The van der Waals surface area contributed by atoms with Gasteiger partial charge in [-0.25, -0.2) is 9.69 Å². The van der Waals surface area contributed by atoms with Crippen LogP contribution in [0.4, 0.5) is 4.79 Å². The molecule has 2 rings (SSSR count). The van der Waals surface area contributed by atoms with Crippen LogP contribution in [0.3, 0.4) is 0 Å². The summed E-state index contributed by atoms with van der Waals surface area (Å²) in [6.07, 6.45) is -1.01. The van der Waals surface area contributed by atoms with Crippen LogP contribution in [0, 0.1) is 11.8 Å². The molecule has 1 heterocycles. The van der Waals surface area contributed by atoms with E-state index in [0.717, 1.165) is 0 Å². The molecule has 0 radical (unpaired) electrons. The second-order valence-electron chi connectivity index (χ2n) is 7.50. The van der Waals surface area contributed by atoms with Gasteiger partial charge in [-0.3, -0.25) is 4.79 Å². The first-order valence-electron chi connectivity index (χ1n) is 8.43. The number of nitrogens with zero attached hydrogens (tertiary/aromatic N) is 1. The van der Waals surface area contributed by atoms with Gasteiger partial charge in [0.1, 0.15) is 5.60 Å². The van der Waals surface area contributed by atoms with Crippen molar-refractivity contribution >= 4 is 12.0 Å². The second kappa shape index (κ2) is 6.93. The summed E-state index contributed by atoms with van der Waals surface area (Å²) in [6.45, 7) is 9.31. The van der Waals surface area contributed by atoms with Gasteiger partial charge in [0.15, 0.2) is 0 Å². The van der Waals surface area contributed by atoms with Crippen LogP contribution in [0.25, 0.3) is 0 Å². The number of rotatable bonds is 4. The van der Waals surface area contributed by atoms with Crippen LogP contribution >= 0.6 is 0 Å². The SMILES string of the molecule is CC(C)[C@H]1CC(C)(C)OC(=O)N1C(=O)[C@H](C)[C@@H](O)c1ccccc1. The molecule has 1 saturated heterocycles. The monoisotopic (exact) mass is 333 g/mol. The molecule has 3 atom stereocenters. The molecule has 1 fully saturated rings. The van der Waals surface area contributed by atoms with Crippen LogP contribution in [-0.2, 0) is 9.53 Å². The fourth-order valence-corrected chi connectivity index (χ4v) is 3.14. The zero-order valence-electron chi connectivity index (χ0n) is 15.0. The summed E-state index contributed by atoms with van der Waals surface area (Å²) < 4.78 is 5.41. The van der Waals surface area contributed by atoms with Crippen molar-refractivity contribution in [3.8, 4) is 0 Å². The molecule has 132 valence electrons. The maximum Gasteiger partial charge on any atom is 0.417 e. The zero-order valence-corrected chi connectivity index (χ0v) is 15.0. The first-order valence-corrected chi connectivity index (χ1v) is 8.43. The summed E-state index contributed by atoms with van der Waals surface area (Å²) in [5, 5.41) is 10.5. The molecule has 1 aliphatic rings. The highest BCUT2D eigenvalue weighted by atomic mass is 16.6. The molecule has 0 bridgehead atoms. The average molecular weight is 333 g/mol. The predicted octanol–water partition coefficient (Wildman–Crippen LogP) is 3.53. The number of amides is 2. The minimum absolute atomic E-state index is 0.113. The number of cyclic esters (lactones) is 1. The van der Waals surface area contributed by atoms with Crippen LogP contribution in [0.1, 0.15) is 52.7 Å². The molecule has 0 aromatic heterocycles. The van der Waals surface area contributed by atoms with Crippen LogP contribution < -0.4 is 0 Å². The standard InChI is InChI=1S/C19H27NO4/c1-12(2)15-11-19(4,5)24-18(23)20(15)17(22)13(3)16(21)14-9-7-6-8-10-14/h6-10,12-13,15-16,21H,11H2,1-5H3/t13-,15-,16-/m1/s1. The van der Waals surface area contributed by atoms with Gasteiger partial charge in [-0.15, -0.1) is 0 Å². The Balaban J connectivity index is 2.24. The van der Waals surface area contributed by atoms with E-state index in [2.05, 4.69) is 0 Å². The summed E-state index contributed by atoms with van der Waals surface area (Å²) in [5.41, 5.74) is 0.0644. The van der Waals surface area contributed by atoms with Gasteiger partial charge in [-0.1, -0.05) is 51.1 Å². The minimum Gasteiger partial charge on any atom is -0.443 e. The summed E-state index contributed by atoms with van der Waals surface area (Å²) in [5.74, 6) is -1.02. The third-order valence-corrected chi connectivity index (χ3v) is 4.60. The van der Waals surface area contributed by atoms with Gasteiger partial charge in [0.2, 0.25) is 5.91 Å². The van der Waals surface area contributed by atoms with Gasteiger partial charge in [-0.05, 0) is 25.3 Å². The lowest BCUT2D eigenvalue weighted by Gasteiger charge is -2.44. The lowest BCUT2D eigenvalue weighted by molar-refractivity contribution is -0.147. The molecule has 0 spiro atoms. The predicted molar refractivity (Wildman–Crippen MR) is 91.2 cm³/mol. The molecule has 0 unspecified atom stereocenters. The Labute approximate surface area is 143 Å². The number of hydrogen-bond donors (Lipinski definition) is 1. The smallest absolute Gasteiger partial charge is 0.417 e. The van der Waals surface area contributed by atoms with Crippen molar-refractivity contribution < 1.29 is 19.4 Å². The number of ether oxygens (including phenoxy) is 1. The molecule has 1 N–H and O–H groups in total. The van der Waals surface area contributed by atoms with Gasteiger partial charge in [0, 0.05) is 12.5 Å². The molecule has 5 nitrogen and oxygen atoms in total. The maximum absolute atomic E-state index is 12.9. The quantitative estimate of drug-likeness (QED) is 0.915. The van der Waals surface area contributed by atoms with E-state index < -0.39 is 29.6 Å². The van der Waals surface area contributed by atoms with Crippen LogP contribution in [0.15, 0.2) is 30.3 Å². The lowest BCUT2D eigenvalue weighted by atomic mass is 9.87. The van der Waals surface area contributed by atoms with E-state index in [1.165, 1.54) is 4.90 Å². The topological polar surface area (TPSA) is 66.8 Å². The summed E-state index contributed by atoms with van der Waals surface area (Å²) >= 11 is 0. The van der Waals surface area contributed by atoms with Gasteiger partial charge >= 0.3 is 6.09 Å². The maximum atomic E-state index is 12.9. The van der Waals surface area contributed by atoms with Crippen LogP contribution in [0.2, 0.25) is 0 Å². The first kappa shape index (κ1) is 18.5. The van der Waals surface area contributed by atoms with Crippen molar-refractivity contribution in [2.75, 3.05) is 0 Å². The molecule has 2 amide bonds. The zero-order chi connectivity index (χ0) is 18.1. The van der Waals surface area contributed by atoms with E-state index in [-0.39, 0.29) is 12.0 Å². The Kier molecular flexibility index (Phi) is 5.33. The summed E-state index contributed by atoms with van der Waals surface area (Å²) in [7, 11) is 0. The summed E-state index contributed by atoms with van der Waals surface area (Å²) in [4.78, 5) is 26.5. The van der Waals surface area contributed by atoms with E-state index in [1.54, 1.807) is 19.1 Å². The molecule has 5 heteroatoms. The van der Waals surface area contributed by atoms with Crippen molar-refractivity contribution in [1.82, 2.24) is 4.90 Å². The van der Waals surface area contributed by atoms with E-state index in [0.29, 0.717) is 12.0 Å². The summed E-state index contributed by atoms with van der Waals surface area (Å²) in [6, 6.07) is 8.77. The Morgan fingerprint density at radius 3 is 2.38 bits per heavy atom. The van der Waals surface area contributed by atoms with E-state index >= 15 is 0 Å². The molecule has 24 heavy (non-hydrogen) atoms. The van der Waals surface area contributed by atoms with Crippen molar-refractivity contribution in [3.05, 3.63) is 35.9 Å². The highest BCUT2D eigenvalue weighted by Gasteiger charge is 2.46. The number of aliphatic hydroxyl groups is 1. The number of hydrogen-bond acceptors (Lipinski definition) is 4. The number of benzene rings is 1. The lowest BCUT2D eigenvalue weighted by Crippen LogP contribution is -2.58. The molecule has 1 aromatic carbocycles. The number of carbonyl (C=O) groups excluding carboxylic acids is 2. The Hall–Kier alpha value is -1.88. The molecule has 0 aliphatic carbocycles. The van der Waals surface area contributed by atoms with Crippen molar-refractivity contribution in [3.63, 3.8) is 0 Å². The average Bonchev–Trinajstić information content (AvgIpc) is 2.52. The Morgan fingerprint density at radius 1 is 1.25 bits per heavy atom. The Bertz CT molecular complexity index is 597. The third-order valence-electron chi connectivity index (χ3n) is 4.60. The highest BCUT2D eigenvalue weighted by Crippen LogP contribution is 2.34. The Morgan fingerprint density at radius 2 is 1.83 bits per heavy atom. The largest absolute Gasteiger partial charge is 0.443 e. The highest BCUT2D eigenvalue weighted by molar-refractivity contribution is 5.94. The molecular formula is C19H27NO4. The molecule has 1 aromatic rings.